The third-order valence-electron chi connectivity index (χ3n) is 2.99. The topological polar surface area (TPSA) is 96.4 Å². The summed E-state index contributed by atoms with van der Waals surface area (Å²) in [5, 5.41) is 0.503. The molecule has 7 nitrogen and oxygen atoms in total. The minimum atomic E-state index is -0.662. The van der Waals surface area contributed by atoms with Gasteiger partial charge in [0.25, 0.3) is 0 Å². The lowest BCUT2D eigenvalue weighted by molar-refractivity contribution is 0.0543. The van der Waals surface area contributed by atoms with E-state index in [1.165, 1.54) is 24.1 Å². The Hall–Kier alpha value is -2.41. The Morgan fingerprint density at radius 1 is 1.36 bits per heavy atom. The first-order valence-corrected chi connectivity index (χ1v) is 6.79. The lowest BCUT2D eigenvalue weighted by Gasteiger charge is -2.19. The molecule has 2 heterocycles. The van der Waals surface area contributed by atoms with Crippen LogP contribution in [-0.4, -0.2) is 34.3 Å². The lowest BCUT2D eigenvalue weighted by Crippen LogP contribution is -2.27. The number of methoxy groups -OCH3 is 1. The van der Waals surface area contributed by atoms with E-state index in [2.05, 4.69) is 4.98 Å². The van der Waals surface area contributed by atoms with Crippen LogP contribution >= 0.6 is 0 Å². The lowest BCUT2D eigenvalue weighted by atomic mass is 10.1. The van der Waals surface area contributed by atoms with Gasteiger partial charge in [-0.3, -0.25) is 0 Å². The number of nitrogens with two attached hydrogens (primary N) is 1. The number of ether oxygens (including phenoxy) is 2. The third-order valence-corrected chi connectivity index (χ3v) is 2.99. The summed E-state index contributed by atoms with van der Waals surface area (Å²) in [5.74, 6) is -0.560. The quantitative estimate of drug-likeness (QED) is 0.853. The highest BCUT2D eigenvalue weighted by atomic mass is 16.6. The zero-order chi connectivity index (χ0) is 16.5. The number of carbonyl (C=O) groups is 2. The van der Waals surface area contributed by atoms with Crippen LogP contribution in [0.25, 0.3) is 11.0 Å². The fraction of sp³-hybridized carbons (Fsp3) is 0.400. The molecule has 0 saturated carbocycles. The largest absolute Gasteiger partial charge is 0.465 e. The van der Waals surface area contributed by atoms with E-state index in [9.17, 15) is 9.59 Å². The van der Waals surface area contributed by atoms with Crippen LogP contribution < -0.4 is 5.73 Å². The maximum atomic E-state index is 12.3. The molecule has 2 N–H and O–H groups in total. The van der Waals surface area contributed by atoms with Crippen LogP contribution in [0.4, 0.5) is 4.79 Å². The van der Waals surface area contributed by atoms with Crippen LogP contribution in [0.5, 0.6) is 0 Å². The Bertz CT molecular complexity index is 728. The molecule has 0 fully saturated rings. The van der Waals surface area contributed by atoms with Crippen LogP contribution in [0.3, 0.4) is 0 Å². The molecule has 0 radical (unpaired) electrons. The van der Waals surface area contributed by atoms with Crippen molar-refractivity contribution in [2.24, 2.45) is 5.73 Å². The van der Waals surface area contributed by atoms with E-state index in [0.717, 1.165) is 0 Å². The van der Waals surface area contributed by atoms with E-state index in [0.29, 0.717) is 16.6 Å². The molecule has 0 aliphatic rings. The monoisotopic (exact) mass is 305 g/mol. The fourth-order valence-electron chi connectivity index (χ4n) is 2.11. The molecule has 2 rings (SSSR count). The van der Waals surface area contributed by atoms with E-state index >= 15 is 0 Å². The molecule has 2 aromatic heterocycles. The smallest absolute Gasteiger partial charge is 0.420 e. The SMILES string of the molecule is COC(=O)c1cn(C(=O)OC(C)(C)C)c2nccc(CN)c12. The van der Waals surface area contributed by atoms with Gasteiger partial charge in [0.15, 0.2) is 5.65 Å². The Morgan fingerprint density at radius 2 is 2.05 bits per heavy atom. The van der Waals surface area contributed by atoms with Crippen LogP contribution in [0.15, 0.2) is 18.5 Å². The molecule has 0 bridgehead atoms. The summed E-state index contributed by atoms with van der Waals surface area (Å²) in [6, 6.07) is 1.70. The predicted octanol–water partition coefficient (Wildman–Crippen LogP) is 2.06. The highest BCUT2D eigenvalue weighted by Gasteiger charge is 2.25. The normalized spacial score (nSPS) is 11.5. The molecule has 0 atom stereocenters. The summed E-state index contributed by atoms with van der Waals surface area (Å²) in [7, 11) is 1.28. The van der Waals surface area contributed by atoms with E-state index < -0.39 is 17.7 Å². The van der Waals surface area contributed by atoms with Gasteiger partial charge in [-0.1, -0.05) is 0 Å². The molecular weight excluding hydrogens is 286 g/mol. The molecule has 7 heteroatoms. The summed E-state index contributed by atoms with van der Waals surface area (Å²) in [4.78, 5) is 28.5. The maximum Gasteiger partial charge on any atom is 0.420 e. The third kappa shape index (κ3) is 2.94. The van der Waals surface area contributed by atoms with Crippen molar-refractivity contribution in [3.63, 3.8) is 0 Å². The van der Waals surface area contributed by atoms with Crippen molar-refractivity contribution < 1.29 is 19.1 Å². The molecule has 0 saturated heterocycles. The molecule has 0 amide bonds. The zero-order valence-electron chi connectivity index (χ0n) is 13.0. The summed E-state index contributed by atoms with van der Waals surface area (Å²) in [6.45, 7) is 5.49. The Labute approximate surface area is 128 Å². The van der Waals surface area contributed by atoms with Gasteiger partial charge in [0, 0.05) is 24.3 Å². The molecule has 22 heavy (non-hydrogen) atoms. The average Bonchev–Trinajstić information content (AvgIpc) is 2.84. The van der Waals surface area contributed by atoms with E-state index in [-0.39, 0.29) is 12.1 Å². The van der Waals surface area contributed by atoms with Gasteiger partial charge in [-0.25, -0.2) is 19.1 Å². The number of hydrogen-bond donors (Lipinski definition) is 1. The average molecular weight is 305 g/mol. The van der Waals surface area contributed by atoms with E-state index in [4.69, 9.17) is 15.2 Å². The van der Waals surface area contributed by atoms with Crippen molar-refractivity contribution in [2.45, 2.75) is 32.9 Å². The Balaban J connectivity index is 2.66. The first-order chi connectivity index (χ1) is 10.3. The molecule has 0 aliphatic carbocycles. The van der Waals surface area contributed by atoms with Crippen molar-refractivity contribution in [2.75, 3.05) is 7.11 Å². The molecule has 0 aliphatic heterocycles. The summed E-state index contributed by atoms with van der Waals surface area (Å²) in [5.41, 5.74) is 6.30. The van der Waals surface area contributed by atoms with Crippen LogP contribution in [0.2, 0.25) is 0 Å². The fourth-order valence-corrected chi connectivity index (χ4v) is 2.11. The molecular formula is C15H19N3O4. The number of hydrogen-bond acceptors (Lipinski definition) is 6. The molecule has 0 spiro atoms. The second-order valence-electron chi connectivity index (χ2n) is 5.76. The number of fused-ring (bicyclic) bond motifs is 1. The van der Waals surface area contributed by atoms with Crippen LogP contribution in [0.1, 0.15) is 36.7 Å². The Kier molecular flexibility index (Phi) is 4.18. The summed E-state index contributed by atoms with van der Waals surface area (Å²) >= 11 is 0. The van der Waals surface area contributed by atoms with Gasteiger partial charge in [-0.2, -0.15) is 0 Å². The minimum absolute atomic E-state index is 0.210. The number of pyridine rings is 1. The molecule has 118 valence electrons. The van der Waals surface area contributed by atoms with E-state index in [1.54, 1.807) is 26.8 Å². The van der Waals surface area contributed by atoms with Gasteiger partial charge < -0.3 is 15.2 Å². The van der Waals surface area contributed by atoms with Crippen molar-refractivity contribution in [1.29, 1.82) is 0 Å². The van der Waals surface area contributed by atoms with Crippen molar-refractivity contribution in [3.8, 4) is 0 Å². The second kappa shape index (κ2) is 5.76. The highest BCUT2D eigenvalue weighted by molar-refractivity contribution is 6.06. The highest BCUT2D eigenvalue weighted by Crippen LogP contribution is 2.25. The van der Waals surface area contributed by atoms with Crippen LogP contribution in [0, 0.1) is 0 Å². The van der Waals surface area contributed by atoms with Gasteiger partial charge in [-0.15, -0.1) is 0 Å². The summed E-state index contributed by atoms with van der Waals surface area (Å²) in [6.07, 6.45) is 2.29. The van der Waals surface area contributed by atoms with Gasteiger partial charge in [-0.05, 0) is 32.4 Å². The number of aromatic nitrogens is 2. The number of carbonyl (C=O) groups excluding carboxylic acids is 2. The standard InChI is InChI=1S/C15H19N3O4/c1-15(2,3)22-14(20)18-8-10(13(19)21-4)11-9(7-16)5-6-17-12(11)18/h5-6,8H,7,16H2,1-4H3. The predicted molar refractivity (Wildman–Crippen MR) is 80.6 cm³/mol. The van der Waals surface area contributed by atoms with Crippen molar-refractivity contribution >= 4 is 23.1 Å². The maximum absolute atomic E-state index is 12.3. The second-order valence-corrected chi connectivity index (χ2v) is 5.76. The number of nitrogens with zero attached hydrogens (tertiary/aromatic N) is 2. The first-order valence-electron chi connectivity index (χ1n) is 6.79. The van der Waals surface area contributed by atoms with E-state index in [1.807, 2.05) is 0 Å². The molecule has 0 unspecified atom stereocenters. The molecule has 0 aromatic carbocycles. The molecule has 2 aromatic rings. The van der Waals surface area contributed by atoms with Crippen molar-refractivity contribution in [3.05, 3.63) is 29.6 Å². The Morgan fingerprint density at radius 3 is 2.59 bits per heavy atom. The van der Waals surface area contributed by atoms with Gasteiger partial charge in [0.1, 0.15) is 5.60 Å². The minimum Gasteiger partial charge on any atom is -0.465 e. The first kappa shape index (κ1) is 16.0. The van der Waals surface area contributed by atoms with Gasteiger partial charge >= 0.3 is 12.1 Å². The number of rotatable bonds is 2. The summed E-state index contributed by atoms with van der Waals surface area (Å²) < 4.78 is 11.3. The van der Waals surface area contributed by atoms with Crippen molar-refractivity contribution in [1.82, 2.24) is 9.55 Å². The van der Waals surface area contributed by atoms with Gasteiger partial charge in [0.2, 0.25) is 0 Å². The zero-order valence-corrected chi connectivity index (χ0v) is 13.0. The van der Waals surface area contributed by atoms with Gasteiger partial charge in [0.05, 0.1) is 12.7 Å². The number of esters is 1. The van der Waals surface area contributed by atoms with Crippen LogP contribution in [-0.2, 0) is 16.0 Å².